The van der Waals surface area contributed by atoms with Crippen LogP contribution in [0.3, 0.4) is 0 Å². The number of benzene rings is 1. The molecule has 1 aliphatic rings. The molecule has 0 radical (unpaired) electrons. The van der Waals surface area contributed by atoms with Crippen LogP contribution in [0, 0.1) is 12.7 Å². The molecule has 126 valence electrons. The lowest BCUT2D eigenvalue weighted by Crippen LogP contribution is -2.42. The number of aromatic nitrogens is 1. The molecule has 24 heavy (non-hydrogen) atoms. The third kappa shape index (κ3) is 3.38. The van der Waals surface area contributed by atoms with Gasteiger partial charge in [-0.25, -0.2) is 4.39 Å². The lowest BCUT2D eigenvalue weighted by Gasteiger charge is -2.33. The molecule has 1 fully saturated rings. The molecule has 1 aromatic heterocycles. The van der Waals surface area contributed by atoms with Crippen molar-refractivity contribution in [3.8, 4) is 0 Å². The summed E-state index contributed by atoms with van der Waals surface area (Å²) in [5.74, 6) is -0.820. The third-order valence-corrected chi connectivity index (χ3v) is 4.05. The second kappa shape index (κ2) is 6.97. The van der Waals surface area contributed by atoms with Gasteiger partial charge in [-0.05, 0) is 31.2 Å². The van der Waals surface area contributed by atoms with Gasteiger partial charge in [-0.2, -0.15) is 0 Å². The molecule has 0 spiro atoms. The highest BCUT2D eigenvalue weighted by Crippen LogP contribution is 2.25. The Morgan fingerprint density at radius 2 is 2.17 bits per heavy atom. The number of carbonyl (C=O) groups excluding carboxylic acids is 1. The van der Waals surface area contributed by atoms with Gasteiger partial charge >= 0.3 is 0 Å². The topological polar surface area (TPSA) is 54.5 Å². The minimum atomic E-state index is -0.503. The van der Waals surface area contributed by atoms with Crippen LogP contribution in [0.2, 0.25) is 0 Å². The van der Waals surface area contributed by atoms with Gasteiger partial charge in [-0.3, -0.25) is 9.78 Å². The van der Waals surface area contributed by atoms with Crippen molar-refractivity contribution >= 4 is 11.6 Å². The number of nitrogens with zero attached hydrogens (tertiary/aromatic N) is 2. The van der Waals surface area contributed by atoms with Crippen LogP contribution in [0.25, 0.3) is 0 Å². The minimum absolute atomic E-state index is 0.0891. The molecular weight excluding hydrogens is 309 g/mol. The summed E-state index contributed by atoms with van der Waals surface area (Å²) in [5.41, 5.74) is 2.67. The van der Waals surface area contributed by atoms with Crippen molar-refractivity contribution in [3.05, 3.63) is 59.2 Å². The summed E-state index contributed by atoms with van der Waals surface area (Å²) in [6, 6.07) is 9.89. The molecule has 0 bridgehead atoms. The molecule has 2 aromatic rings. The predicted octanol–water partition coefficient (Wildman–Crippen LogP) is 2.78. The van der Waals surface area contributed by atoms with Crippen molar-refractivity contribution < 1.29 is 13.9 Å². The zero-order valence-electron chi connectivity index (χ0n) is 13.8. The largest absolute Gasteiger partial charge is 0.388 e. The number of hydrogen-bond donors (Lipinski definition) is 1. The molecule has 0 saturated carbocycles. The molecular formula is C18H20FN3O2. The normalized spacial score (nSPS) is 17.6. The highest BCUT2D eigenvalue weighted by molar-refractivity contribution is 5.94. The number of halogens is 1. The Balaban J connectivity index is 1.81. The first-order valence-electron chi connectivity index (χ1n) is 7.90. The van der Waals surface area contributed by atoms with E-state index >= 15 is 0 Å². The number of amides is 1. The standard InChI is InChI=1S/C18H20FN3O2/c1-12-9-13(20-2)10-16(21-12)17-11-22(7-8-24-17)18(23)14-5-3-4-6-15(14)19/h3-6,9-10,17H,7-8,11H2,1-2H3,(H,20,21)/t17-/m0/s1. The van der Waals surface area contributed by atoms with E-state index in [9.17, 15) is 9.18 Å². The molecule has 2 heterocycles. The predicted molar refractivity (Wildman–Crippen MR) is 89.5 cm³/mol. The molecule has 0 unspecified atom stereocenters. The summed E-state index contributed by atoms with van der Waals surface area (Å²) >= 11 is 0. The Bertz CT molecular complexity index is 751. The summed E-state index contributed by atoms with van der Waals surface area (Å²) < 4.78 is 19.7. The minimum Gasteiger partial charge on any atom is -0.388 e. The maximum atomic E-state index is 13.9. The SMILES string of the molecule is CNc1cc(C)nc([C@@H]2CN(C(=O)c3ccccc3F)CCO2)c1. The number of pyridine rings is 1. The Hall–Kier alpha value is -2.47. The Labute approximate surface area is 140 Å². The number of rotatable bonds is 3. The fraction of sp³-hybridized carbons (Fsp3) is 0.333. The Kier molecular flexibility index (Phi) is 4.76. The van der Waals surface area contributed by atoms with Crippen molar-refractivity contribution in [2.45, 2.75) is 13.0 Å². The van der Waals surface area contributed by atoms with Crippen LogP contribution in [0.1, 0.15) is 27.8 Å². The van der Waals surface area contributed by atoms with Crippen LogP contribution in [0.5, 0.6) is 0 Å². The van der Waals surface area contributed by atoms with E-state index in [1.165, 1.54) is 12.1 Å². The van der Waals surface area contributed by atoms with Gasteiger partial charge in [0.2, 0.25) is 0 Å². The van der Waals surface area contributed by atoms with E-state index in [-0.39, 0.29) is 17.6 Å². The zero-order chi connectivity index (χ0) is 17.1. The molecule has 3 rings (SSSR count). The monoisotopic (exact) mass is 329 g/mol. The Morgan fingerprint density at radius 1 is 1.38 bits per heavy atom. The average Bonchev–Trinajstić information content (AvgIpc) is 2.61. The average molecular weight is 329 g/mol. The second-order valence-electron chi connectivity index (χ2n) is 5.76. The van der Waals surface area contributed by atoms with Crippen LogP contribution in [-0.2, 0) is 4.74 Å². The molecule has 1 aromatic carbocycles. The van der Waals surface area contributed by atoms with Gasteiger partial charge in [-0.15, -0.1) is 0 Å². The number of ether oxygens (including phenoxy) is 1. The van der Waals surface area contributed by atoms with Gasteiger partial charge in [0.05, 0.1) is 24.4 Å². The van der Waals surface area contributed by atoms with Gasteiger partial charge in [0, 0.05) is 25.0 Å². The number of carbonyl (C=O) groups is 1. The van der Waals surface area contributed by atoms with Gasteiger partial charge in [-0.1, -0.05) is 12.1 Å². The van der Waals surface area contributed by atoms with E-state index in [1.807, 2.05) is 26.1 Å². The van der Waals surface area contributed by atoms with Crippen molar-refractivity contribution in [3.63, 3.8) is 0 Å². The summed E-state index contributed by atoms with van der Waals surface area (Å²) in [4.78, 5) is 18.7. The molecule has 1 amide bonds. The molecule has 5 nitrogen and oxygen atoms in total. The molecule has 1 N–H and O–H groups in total. The first-order valence-corrected chi connectivity index (χ1v) is 7.90. The van der Waals surface area contributed by atoms with E-state index in [0.29, 0.717) is 19.7 Å². The van der Waals surface area contributed by atoms with E-state index < -0.39 is 5.82 Å². The van der Waals surface area contributed by atoms with Crippen LogP contribution >= 0.6 is 0 Å². The van der Waals surface area contributed by atoms with E-state index in [1.54, 1.807) is 17.0 Å². The van der Waals surface area contributed by atoms with E-state index in [2.05, 4.69) is 10.3 Å². The zero-order valence-corrected chi connectivity index (χ0v) is 13.8. The lowest BCUT2D eigenvalue weighted by molar-refractivity contribution is -0.0248. The first-order chi connectivity index (χ1) is 11.6. The van der Waals surface area contributed by atoms with Crippen molar-refractivity contribution in [2.24, 2.45) is 0 Å². The molecule has 0 aliphatic carbocycles. The second-order valence-corrected chi connectivity index (χ2v) is 5.76. The Morgan fingerprint density at radius 3 is 2.92 bits per heavy atom. The summed E-state index contributed by atoms with van der Waals surface area (Å²) in [6.45, 7) is 3.10. The van der Waals surface area contributed by atoms with Crippen LogP contribution < -0.4 is 5.32 Å². The highest BCUT2D eigenvalue weighted by atomic mass is 19.1. The van der Waals surface area contributed by atoms with Gasteiger partial charge < -0.3 is 15.0 Å². The number of anilines is 1. The maximum Gasteiger partial charge on any atom is 0.257 e. The number of hydrogen-bond acceptors (Lipinski definition) is 4. The van der Waals surface area contributed by atoms with E-state index in [4.69, 9.17) is 4.74 Å². The van der Waals surface area contributed by atoms with Crippen LogP contribution in [-0.4, -0.2) is 42.5 Å². The van der Waals surface area contributed by atoms with Crippen LogP contribution in [0.4, 0.5) is 10.1 Å². The fourth-order valence-corrected chi connectivity index (χ4v) is 2.82. The smallest absolute Gasteiger partial charge is 0.257 e. The maximum absolute atomic E-state index is 13.9. The third-order valence-electron chi connectivity index (χ3n) is 4.05. The fourth-order valence-electron chi connectivity index (χ4n) is 2.82. The number of aryl methyl sites for hydroxylation is 1. The van der Waals surface area contributed by atoms with E-state index in [0.717, 1.165) is 17.1 Å². The molecule has 1 aliphatic heterocycles. The number of morpholine rings is 1. The van der Waals surface area contributed by atoms with Gasteiger partial charge in [0.15, 0.2) is 0 Å². The number of nitrogens with one attached hydrogen (secondary N) is 1. The summed E-state index contributed by atoms with van der Waals surface area (Å²) in [5, 5.41) is 3.09. The molecule has 1 saturated heterocycles. The van der Waals surface area contributed by atoms with Crippen molar-refractivity contribution in [1.82, 2.24) is 9.88 Å². The quantitative estimate of drug-likeness (QED) is 0.941. The van der Waals surface area contributed by atoms with Crippen LogP contribution in [0.15, 0.2) is 36.4 Å². The lowest BCUT2D eigenvalue weighted by atomic mass is 10.1. The van der Waals surface area contributed by atoms with Gasteiger partial charge in [0.1, 0.15) is 11.9 Å². The summed E-state index contributed by atoms with van der Waals surface area (Å²) in [6.07, 6.45) is -0.318. The molecule has 1 atom stereocenters. The van der Waals surface area contributed by atoms with Gasteiger partial charge in [0.25, 0.3) is 5.91 Å². The first kappa shape index (κ1) is 16.4. The van der Waals surface area contributed by atoms with Crippen molar-refractivity contribution in [2.75, 3.05) is 32.1 Å². The summed E-state index contributed by atoms with van der Waals surface area (Å²) in [7, 11) is 1.84. The van der Waals surface area contributed by atoms with Crippen molar-refractivity contribution in [1.29, 1.82) is 0 Å². The highest BCUT2D eigenvalue weighted by Gasteiger charge is 2.28. The molecule has 6 heteroatoms.